The van der Waals surface area contributed by atoms with Crippen LogP contribution in [0.4, 0.5) is 5.69 Å². The van der Waals surface area contributed by atoms with E-state index < -0.39 is 13.4 Å². The molecule has 0 amide bonds. The molecule has 1 aromatic heterocycles. The Labute approximate surface area is 193 Å². The van der Waals surface area contributed by atoms with E-state index >= 15 is 0 Å². The second kappa shape index (κ2) is 11.0. The molecule has 0 aliphatic carbocycles. The lowest BCUT2D eigenvalue weighted by Crippen LogP contribution is -2.15. The first kappa shape index (κ1) is 22.9. The molecule has 1 unspecified atom stereocenters. The minimum atomic E-state index is -3.78. The van der Waals surface area contributed by atoms with Gasteiger partial charge < -0.3 is 23.5 Å². The smallest absolute Gasteiger partial charge is 0.361 e. The zero-order valence-electron chi connectivity index (χ0n) is 18.3. The molecule has 0 bridgehead atoms. The molecule has 6 nitrogen and oxygen atoms in total. The summed E-state index contributed by atoms with van der Waals surface area (Å²) in [7, 11) is -2.19. The van der Waals surface area contributed by atoms with Crippen LogP contribution in [0.25, 0.3) is 0 Å². The second-order valence-corrected chi connectivity index (χ2v) is 9.46. The Balaban J connectivity index is 1.65. The maximum absolute atomic E-state index is 14.3. The van der Waals surface area contributed by atoms with Crippen LogP contribution in [0.1, 0.15) is 22.7 Å². The second-order valence-electron chi connectivity index (χ2n) is 7.35. The Hall–Kier alpha value is -3.31. The van der Waals surface area contributed by atoms with E-state index in [0.29, 0.717) is 17.2 Å². The lowest BCUT2D eigenvalue weighted by atomic mass is 10.2. The van der Waals surface area contributed by atoms with Gasteiger partial charge in [-0.25, -0.2) is 0 Å². The number of hydrogen-bond acceptors (Lipinski definition) is 6. The summed E-state index contributed by atoms with van der Waals surface area (Å²) in [6.45, 7) is 0.258. The molecule has 33 heavy (non-hydrogen) atoms. The standard InChI is InChI=1S/C26H26NO5P/c1-29-24-15-8-14-23(18-24)27-26(25-16-9-17-30-25)33(28,31-19-21-10-4-2-5-11-21)32-20-22-12-6-3-7-13-22/h2-18,26-27H,19-20H2,1H3. The summed E-state index contributed by atoms with van der Waals surface area (Å²) in [5.74, 6) is 0.248. The average molecular weight is 463 g/mol. The summed E-state index contributed by atoms with van der Waals surface area (Å²) in [6.07, 6.45) is 1.54. The molecule has 0 aliphatic heterocycles. The van der Waals surface area contributed by atoms with E-state index in [-0.39, 0.29) is 13.2 Å². The van der Waals surface area contributed by atoms with Crippen LogP contribution in [0.15, 0.2) is 108 Å². The zero-order valence-corrected chi connectivity index (χ0v) is 19.2. The maximum Gasteiger partial charge on any atom is 0.361 e. The molecule has 0 radical (unpaired) electrons. The van der Waals surface area contributed by atoms with Crippen LogP contribution in [0.5, 0.6) is 5.75 Å². The largest absolute Gasteiger partial charge is 0.497 e. The van der Waals surface area contributed by atoms with Crippen molar-refractivity contribution in [3.8, 4) is 5.75 Å². The van der Waals surface area contributed by atoms with Crippen molar-refractivity contribution in [1.82, 2.24) is 0 Å². The van der Waals surface area contributed by atoms with Gasteiger partial charge in [-0.3, -0.25) is 4.57 Å². The molecule has 0 saturated carbocycles. The molecule has 0 saturated heterocycles. The highest BCUT2D eigenvalue weighted by molar-refractivity contribution is 7.54. The first-order valence-corrected chi connectivity index (χ1v) is 12.2. The third-order valence-corrected chi connectivity index (χ3v) is 7.00. The number of anilines is 1. The van der Waals surface area contributed by atoms with Crippen molar-refractivity contribution < 1.29 is 22.8 Å². The van der Waals surface area contributed by atoms with Crippen molar-refractivity contribution in [3.05, 3.63) is 120 Å². The van der Waals surface area contributed by atoms with Gasteiger partial charge in [0, 0.05) is 11.8 Å². The fourth-order valence-corrected chi connectivity index (χ4v) is 5.08. The summed E-state index contributed by atoms with van der Waals surface area (Å²) in [5, 5.41) is 3.28. The molecule has 0 aliphatic rings. The van der Waals surface area contributed by atoms with Crippen molar-refractivity contribution in [3.63, 3.8) is 0 Å². The SMILES string of the molecule is COc1cccc(NC(c2ccco2)P(=O)(OCc2ccccc2)OCc2ccccc2)c1. The molecule has 1 N–H and O–H groups in total. The average Bonchev–Trinajstić information content (AvgIpc) is 3.41. The molecule has 7 heteroatoms. The first-order chi connectivity index (χ1) is 16.2. The van der Waals surface area contributed by atoms with Gasteiger partial charge in [0.1, 0.15) is 11.5 Å². The van der Waals surface area contributed by atoms with Crippen LogP contribution in [-0.2, 0) is 26.8 Å². The molecule has 0 spiro atoms. The lowest BCUT2D eigenvalue weighted by Gasteiger charge is -2.27. The van der Waals surface area contributed by atoms with Crippen molar-refractivity contribution in [2.24, 2.45) is 0 Å². The van der Waals surface area contributed by atoms with E-state index in [0.717, 1.165) is 11.1 Å². The molecular formula is C26H26NO5P. The molecule has 4 rings (SSSR count). The fraction of sp³-hybridized carbons (Fsp3) is 0.154. The van der Waals surface area contributed by atoms with Crippen LogP contribution in [0.3, 0.4) is 0 Å². The van der Waals surface area contributed by atoms with E-state index in [4.69, 9.17) is 18.2 Å². The van der Waals surface area contributed by atoms with Crippen LogP contribution in [0, 0.1) is 0 Å². The van der Waals surface area contributed by atoms with Crippen molar-refractivity contribution >= 4 is 13.3 Å². The third-order valence-electron chi connectivity index (χ3n) is 5.01. The summed E-state index contributed by atoms with van der Waals surface area (Å²) < 4.78 is 37.4. The van der Waals surface area contributed by atoms with Gasteiger partial charge in [-0.15, -0.1) is 0 Å². The van der Waals surface area contributed by atoms with Gasteiger partial charge in [-0.05, 0) is 35.4 Å². The molecule has 4 aromatic rings. The van der Waals surface area contributed by atoms with Crippen LogP contribution in [0.2, 0.25) is 0 Å². The van der Waals surface area contributed by atoms with Crippen molar-refractivity contribution in [2.75, 3.05) is 12.4 Å². The van der Waals surface area contributed by atoms with Gasteiger partial charge in [0.2, 0.25) is 0 Å². The Morgan fingerprint density at radius 3 is 2.00 bits per heavy atom. The van der Waals surface area contributed by atoms with Gasteiger partial charge in [0.15, 0.2) is 5.78 Å². The number of rotatable bonds is 11. The van der Waals surface area contributed by atoms with Crippen LogP contribution < -0.4 is 10.1 Å². The molecule has 170 valence electrons. The van der Waals surface area contributed by atoms with E-state index in [1.54, 1.807) is 19.2 Å². The highest BCUT2D eigenvalue weighted by atomic mass is 31.2. The van der Waals surface area contributed by atoms with E-state index in [1.165, 1.54) is 6.26 Å². The molecule has 0 fully saturated rings. The fourth-order valence-electron chi connectivity index (χ4n) is 3.29. The summed E-state index contributed by atoms with van der Waals surface area (Å²) >= 11 is 0. The first-order valence-electron chi connectivity index (χ1n) is 10.6. The zero-order chi connectivity index (χ0) is 22.9. The monoisotopic (exact) mass is 463 g/mol. The minimum Gasteiger partial charge on any atom is -0.497 e. The van der Waals surface area contributed by atoms with Crippen molar-refractivity contribution in [1.29, 1.82) is 0 Å². The lowest BCUT2D eigenvalue weighted by molar-refractivity contribution is 0.183. The number of hydrogen-bond donors (Lipinski definition) is 1. The summed E-state index contributed by atoms with van der Waals surface area (Å²) in [4.78, 5) is 0. The predicted octanol–water partition coefficient (Wildman–Crippen LogP) is 7.03. The Morgan fingerprint density at radius 2 is 1.45 bits per heavy atom. The van der Waals surface area contributed by atoms with Gasteiger partial charge in [-0.2, -0.15) is 0 Å². The Bertz CT molecular complexity index is 1120. The number of furan rings is 1. The molecule has 1 atom stereocenters. The van der Waals surface area contributed by atoms with Crippen LogP contribution in [-0.4, -0.2) is 7.11 Å². The molecular weight excluding hydrogens is 437 g/mol. The third kappa shape index (κ3) is 6.14. The molecule has 3 aromatic carbocycles. The number of benzene rings is 3. The quantitative estimate of drug-likeness (QED) is 0.241. The van der Waals surface area contributed by atoms with E-state index in [9.17, 15) is 4.57 Å². The Kier molecular flexibility index (Phi) is 7.63. The van der Waals surface area contributed by atoms with Crippen LogP contribution >= 0.6 is 7.60 Å². The highest BCUT2D eigenvalue weighted by Crippen LogP contribution is 2.62. The topological polar surface area (TPSA) is 69.9 Å². The predicted molar refractivity (Wildman–Crippen MR) is 128 cm³/mol. The number of ether oxygens (including phenoxy) is 1. The van der Waals surface area contributed by atoms with E-state index in [1.807, 2.05) is 84.9 Å². The minimum absolute atomic E-state index is 0.129. The van der Waals surface area contributed by atoms with Gasteiger partial charge in [0.05, 0.1) is 26.6 Å². The van der Waals surface area contributed by atoms with Gasteiger partial charge in [-0.1, -0.05) is 66.7 Å². The van der Waals surface area contributed by atoms with Gasteiger partial charge in [0.25, 0.3) is 0 Å². The summed E-state index contributed by atoms with van der Waals surface area (Å²) in [6, 6.07) is 30.0. The van der Waals surface area contributed by atoms with Gasteiger partial charge >= 0.3 is 7.60 Å². The Morgan fingerprint density at radius 1 is 0.818 bits per heavy atom. The van der Waals surface area contributed by atoms with E-state index in [2.05, 4.69) is 5.32 Å². The number of methoxy groups -OCH3 is 1. The maximum atomic E-state index is 14.3. The summed E-state index contributed by atoms with van der Waals surface area (Å²) in [5.41, 5.74) is 2.48. The molecule has 1 heterocycles. The normalized spacial score (nSPS) is 12.3. The van der Waals surface area contributed by atoms with Crippen molar-refractivity contribution in [2.45, 2.75) is 19.0 Å². The highest BCUT2D eigenvalue weighted by Gasteiger charge is 2.40. The number of nitrogens with one attached hydrogen (secondary N) is 1.